The predicted octanol–water partition coefficient (Wildman–Crippen LogP) is 3.79. The zero-order valence-electron chi connectivity index (χ0n) is 15.0. The van der Waals surface area contributed by atoms with Gasteiger partial charge >= 0.3 is 5.97 Å². The van der Waals surface area contributed by atoms with Gasteiger partial charge < -0.3 is 14.6 Å². The fraction of sp³-hybridized carbons (Fsp3) is 0.150. The molecule has 1 aliphatic heterocycles. The lowest BCUT2D eigenvalue weighted by Gasteiger charge is -2.13. The lowest BCUT2D eigenvalue weighted by atomic mass is 10.2. The fourth-order valence-corrected chi connectivity index (χ4v) is 3.35. The van der Waals surface area contributed by atoms with Crippen molar-refractivity contribution in [2.45, 2.75) is 6.42 Å². The molecule has 7 nitrogen and oxygen atoms in total. The first-order chi connectivity index (χ1) is 13.5. The van der Waals surface area contributed by atoms with Gasteiger partial charge in [-0.2, -0.15) is 0 Å². The standard InChI is InChI=1S/C20H17NO6S/c1-26-16-4-2-3-14(12-16)21-19(24)17(28-20(21)25)11-13-5-7-15(8-6-13)27-10-9-18(22)23/h2-8,11-12H,9-10H2,1H3,(H,22,23)/b17-11+. The molecule has 2 aromatic rings. The van der Waals surface area contributed by atoms with Crippen LogP contribution in [0.15, 0.2) is 53.4 Å². The Balaban J connectivity index is 1.73. The quantitative estimate of drug-likeness (QED) is 0.708. The van der Waals surface area contributed by atoms with Gasteiger partial charge in [-0.15, -0.1) is 0 Å². The number of amides is 2. The Bertz CT molecular complexity index is 938. The van der Waals surface area contributed by atoms with Crippen molar-refractivity contribution in [3.05, 3.63) is 59.0 Å². The third kappa shape index (κ3) is 4.52. The summed E-state index contributed by atoms with van der Waals surface area (Å²) in [6.45, 7) is 0.0775. The van der Waals surface area contributed by atoms with Crippen molar-refractivity contribution in [1.82, 2.24) is 0 Å². The SMILES string of the molecule is COc1cccc(N2C(=O)S/C(=C/c3ccc(OCCC(=O)O)cc3)C2=O)c1. The van der Waals surface area contributed by atoms with Crippen molar-refractivity contribution in [1.29, 1.82) is 0 Å². The van der Waals surface area contributed by atoms with E-state index >= 15 is 0 Å². The van der Waals surface area contributed by atoms with E-state index in [9.17, 15) is 14.4 Å². The summed E-state index contributed by atoms with van der Waals surface area (Å²) in [5, 5.41) is 8.24. The van der Waals surface area contributed by atoms with Crippen LogP contribution < -0.4 is 14.4 Å². The smallest absolute Gasteiger partial charge is 0.306 e. The number of anilines is 1. The summed E-state index contributed by atoms with van der Waals surface area (Å²) in [4.78, 5) is 36.9. The summed E-state index contributed by atoms with van der Waals surface area (Å²) in [5.74, 6) is -0.240. The number of methoxy groups -OCH3 is 1. The van der Waals surface area contributed by atoms with Gasteiger partial charge in [0.15, 0.2) is 0 Å². The number of ether oxygens (including phenoxy) is 2. The average molecular weight is 399 g/mol. The molecule has 8 heteroatoms. The number of hydrogen-bond donors (Lipinski definition) is 1. The minimum atomic E-state index is -0.927. The number of carboxylic acid groups (broad SMARTS) is 1. The molecular formula is C20H17NO6S. The first kappa shape index (κ1) is 19.5. The molecule has 1 aliphatic rings. The number of aliphatic carboxylic acids is 1. The number of benzene rings is 2. The van der Waals surface area contributed by atoms with Gasteiger partial charge in [0.05, 0.1) is 30.7 Å². The maximum absolute atomic E-state index is 12.7. The number of hydrogen-bond acceptors (Lipinski definition) is 6. The van der Waals surface area contributed by atoms with Gasteiger partial charge in [0.1, 0.15) is 11.5 Å². The highest BCUT2D eigenvalue weighted by Gasteiger charge is 2.36. The molecule has 0 aliphatic carbocycles. The Kier molecular flexibility index (Phi) is 6.00. The summed E-state index contributed by atoms with van der Waals surface area (Å²) >= 11 is 0.867. The van der Waals surface area contributed by atoms with Gasteiger partial charge in [-0.05, 0) is 47.7 Å². The molecule has 144 valence electrons. The van der Waals surface area contributed by atoms with Gasteiger partial charge in [-0.3, -0.25) is 14.4 Å². The van der Waals surface area contributed by atoms with Gasteiger partial charge in [-0.25, -0.2) is 4.90 Å². The molecule has 1 fully saturated rings. The monoisotopic (exact) mass is 399 g/mol. The summed E-state index contributed by atoms with van der Waals surface area (Å²) in [7, 11) is 1.52. The van der Waals surface area contributed by atoms with E-state index in [4.69, 9.17) is 14.6 Å². The topological polar surface area (TPSA) is 93.1 Å². The second-order valence-corrected chi connectivity index (χ2v) is 6.77. The molecule has 0 spiro atoms. The van der Waals surface area contributed by atoms with E-state index in [-0.39, 0.29) is 18.3 Å². The van der Waals surface area contributed by atoms with Crippen LogP contribution in [-0.4, -0.2) is 35.9 Å². The van der Waals surface area contributed by atoms with Crippen LogP contribution in [0.4, 0.5) is 10.5 Å². The second kappa shape index (κ2) is 8.62. The number of imide groups is 1. The predicted molar refractivity (Wildman–Crippen MR) is 106 cm³/mol. The number of carbonyl (C=O) groups excluding carboxylic acids is 2. The molecule has 0 atom stereocenters. The summed E-state index contributed by atoms with van der Waals surface area (Å²) in [6, 6.07) is 13.6. The van der Waals surface area contributed by atoms with Crippen LogP contribution in [0.5, 0.6) is 11.5 Å². The van der Waals surface area contributed by atoms with E-state index in [2.05, 4.69) is 0 Å². The number of rotatable bonds is 7. The maximum Gasteiger partial charge on any atom is 0.306 e. The van der Waals surface area contributed by atoms with E-state index in [1.165, 1.54) is 7.11 Å². The Morgan fingerprint density at radius 1 is 1.14 bits per heavy atom. The highest BCUT2D eigenvalue weighted by atomic mass is 32.2. The van der Waals surface area contributed by atoms with Crippen molar-refractivity contribution >= 4 is 40.6 Å². The molecule has 2 aromatic carbocycles. The highest BCUT2D eigenvalue weighted by molar-refractivity contribution is 8.19. The average Bonchev–Trinajstić information content (AvgIpc) is 2.96. The van der Waals surface area contributed by atoms with Gasteiger partial charge in [0, 0.05) is 6.07 Å². The summed E-state index contributed by atoms with van der Waals surface area (Å²) < 4.78 is 10.5. The number of nitrogens with zero attached hydrogens (tertiary/aromatic N) is 1. The van der Waals surface area contributed by atoms with E-state index in [1.54, 1.807) is 54.6 Å². The minimum absolute atomic E-state index is 0.0775. The van der Waals surface area contributed by atoms with Crippen LogP contribution in [0.3, 0.4) is 0 Å². The van der Waals surface area contributed by atoms with Gasteiger partial charge in [0.25, 0.3) is 11.1 Å². The van der Waals surface area contributed by atoms with Crippen LogP contribution in [0, 0.1) is 0 Å². The molecule has 1 saturated heterocycles. The number of thioether (sulfide) groups is 1. The lowest BCUT2D eigenvalue weighted by Crippen LogP contribution is -2.27. The normalized spacial score (nSPS) is 15.2. The lowest BCUT2D eigenvalue weighted by molar-refractivity contribution is -0.137. The van der Waals surface area contributed by atoms with E-state index < -0.39 is 11.9 Å². The summed E-state index contributed by atoms with van der Waals surface area (Å²) in [6.07, 6.45) is 1.55. The molecule has 0 radical (unpaired) electrons. The largest absolute Gasteiger partial charge is 0.497 e. The number of carboxylic acids is 1. The molecule has 2 amide bonds. The van der Waals surface area contributed by atoms with Crippen molar-refractivity contribution in [2.75, 3.05) is 18.6 Å². The van der Waals surface area contributed by atoms with Crippen LogP contribution in [-0.2, 0) is 9.59 Å². The summed E-state index contributed by atoms with van der Waals surface area (Å²) in [5.41, 5.74) is 1.18. The zero-order valence-corrected chi connectivity index (χ0v) is 15.8. The molecule has 1 heterocycles. The van der Waals surface area contributed by atoms with Crippen molar-refractivity contribution in [3.8, 4) is 11.5 Å². The Morgan fingerprint density at radius 2 is 1.89 bits per heavy atom. The van der Waals surface area contributed by atoms with Gasteiger partial charge in [0.2, 0.25) is 0 Å². The maximum atomic E-state index is 12.7. The third-order valence-corrected chi connectivity index (χ3v) is 4.74. The molecule has 0 bridgehead atoms. The minimum Gasteiger partial charge on any atom is -0.497 e. The molecule has 0 unspecified atom stereocenters. The number of carbonyl (C=O) groups is 3. The van der Waals surface area contributed by atoms with Crippen LogP contribution in [0.25, 0.3) is 6.08 Å². The Morgan fingerprint density at radius 3 is 2.57 bits per heavy atom. The molecule has 0 aromatic heterocycles. The first-order valence-corrected chi connectivity index (χ1v) is 9.16. The molecular weight excluding hydrogens is 382 g/mol. The first-order valence-electron chi connectivity index (χ1n) is 8.34. The van der Waals surface area contributed by atoms with E-state index in [0.29, 0.717) is 22.1 Å². The molecule has 1 N–H and O–H groups in total. The third-order valence-electron chi connectivity index (χ3n) is 3.87. The second-order valence-electron chi connectivity index (χ2n) is 5.78. The van der Waals surface area contributed by atoms with E-state index in [0.717, 1.165) is 22.2 Å². The molecule has 28 heavy (non-hydrogen) atoms. The van der Waals surface area contributed by atoms with Crippen LogP contribution in [0.1, 0.15) is 12.0 Å². The highest BCUT2D eigenvalue weighted by Crippen LogP contribution is 2.36. The van der Waals surface area contributed by atoms with Crippen molar-refractivity contribution < 1.29 is 29.0 Å². The van der Waals surface area contributed by atoms with E-state index in [1.807, 2.05) is 0 Å². The van der Waals surface area contributed by atoms with Crippen molar-refractivity contribution in [2.24, 2.45) is 0 Å². The zero-order chi connectivity index (χ0) is 20.1. The van der Waals surface area contributed by atoms with Crippen LogP contribution >= 0.6 is 11.8 Å². The molecule has 0 saturated carbocycles. The van der Waals surface area contributed by atoms with Crippen molar-refractivity contribution in [3.63, 3.8) is 0 Å². The Labute approximate surface area is 165 Å². The van der Waals surface area contributed by atoms with Gasteiger partial charge in [-0.1, -0.05) is 18.2 Å². The van der Waals surface area contributed by atoms with Crippen LogP contribution in [0.2, 0.25) is 0 Å². The molecule has 3 rings (SSSR count). The fourth-order valence-electron chi connectivity index (χ4n) is 2.51. The Hall–Kier alpha value is -3.26.